The van der Waals surface area contributed by atoms with Crippen LogP contribution in [0.15, 0.2) is 6.20 Å². The number of aromatic nitrogens is 1. The summed E-state index contributed by atoms with van der Waals surface area (Å²) in [6.07, 6.45) is 2.14. The second-order valence-corrected chi connectivity index (χ2v) is 3.43. The Bertz CT molecular complexity index is 274. The van der Waals surface area contributed by atoms with E-state index in [0.717, 1.165) is 5.75 Å². The molecule has 0 aliphatic carbocycles. The van der Waals surface area contributed by atoms with Gasteiger partial charge in [-0.15, -0.1) is 0 Å². The van der Waals surface area contributed by atoms with Gasteiger partial charge >= 0.3 is 0 Å². The van der Waals surface area contributed by atoms with E-state index in [4.69, 9.17) is 4.74 Å². The van der Waals surface area contributed by atoms with Gasteiger partial charge in [0, 0.05) is 17.8 Å². The van der Waals surface area contributed by atoms with Crippen molar-refractivity contribution in [3.05, 3.63) is 17.5 Å². The van der Waals surface area contributed by atoms with Crippen LogP contribution in [0.2, 0.25) is 0 Å². The number of aryl methyl sites for hydroxylation is 1. The Kier molecular flexibility index (Phi) is 2.46. The van der Waals surface area contributed by atoms with Crippen molar-refractivity contribution in [3.8, 4) is 5.75 Å². The maximum Gasteiger partial charge on any atom is 0.142 e. The van der Waals surface area contributed by atoms with Crippen molar-refractivity contribution >= 4 is 0 Å². The van der Waals surface area contributed by atoms with Crippen LogP contribution in [0.1, 0.15) is 31.1 Å². The Balaban J connectivity index is 3.17. The van der Waals surface area contributed by atoms with Crippen LogP contribution < -0.4 is 4.74 Å². The van der Waals surface area contributed by atoms with Crippen molar-refractivity contribution in [2.75, 3.05) is 7.11 Å². The minimum atomic E-state index is 0.507. The van der Waals surface area contributed by atoms with Crippen molar-refractivity contribution in [2.45, 2.75) is 33.7 Å². The Morgan fingerprint density at radius 3 is 2.17 bits per heavy atom. The molecule has 0 fully saturated rings. The van der Waals surface area contributed by atoms with Gasteiger partial charge in [0.1, 0.15) is 5.75 Å². The number of rotatable bonds is 2. The number of hydrogen-bond acceptors (Lipinski definition) is 1. The van der Waals surface area contributed by atoms with Gasteiger partial charge in [0.05, 0.1) is 12.8 Å². The van der Waals surface area contributed by atoms with E-state index in [9.17, 15) is 0 Å². The molecule has 0 N–H and O–H groups in total. The summed E-state index contributed by atoms with van der Waals surface area (Å²) in [6, 6.07) is 0.507. The zero-order chi connectivity index (χ0) is 9.30. The van der Waals surface area contributed by atoms with Crippen LogP contribution in [0, 0.1) is 13.8 Å². The Morgan fingerprint density at radius 2 is 1.92 bits per heavy atom. The first-order valence-electron chi connectivity index (χ1n) is 4.30. The third-order valence-corrected chi connectivity index (χ3v) is 2.17. The summed E-state index contributed by atoms with van der Waals surface area (Å²) >= 11 is 0. The molecular weight excluding hydrogens is 150 g/mol. The first-order valence-corrected chi connectivity index (χ1v) is 4.30. The van der Waals surface area contributed by atoms with Crippen molar-refractivity contribution < 1.29 is 4.74 Å². The molecule has 0 bridgehead atoms. The molecule has 0 aliphatic rings. The third-order valence-electron chi connectivity index (χ3n) is 2.17. The molecule has 1 aromatic heterocycles. The molecule has 0 saturated heterocycles. The predicted octanol–water partition coefficient (Wildman–Crippen LogP) is 2.69. The minimum Gasteiger partial charge on any atom is -0.495 e. The zero-order valence-electron chi connectivity index (χ0n) is 8.51. The molecular formula is C10H17NO. The lowest BCUT2D eigenvalue weighted by atomic mass is 10.3. The highest BCUT2D eigenvalue weighted by atomic mass is 16.5. The van der Waals surface area contributed by atoms with Crippen LogP contribution in [0.25, 0.3) is 0 Å². The molecule has 12 heavy (non-hydrogen) atoms. The Hall–Kier alpha value is -0.920. The van der Waals surface area contributed by atoms with Crippen LogP contribution in [0.3, 0.4) is 0 Å². The molecule has 0 atom stereocenters. The molecule has 0 spiro atoms. The maximum absolute atomic E-state index is 5.29. The molecule has 1 aromatic rings. The summed E-state index contributed by atoms with van der Waals surface area (Å²) in [6.45, 7) is 8.51. The van der Waals surface area contributed by atoms with Crippen LogP contribution in [0.5, 0.6) is 5.75 Å². The van der Waals surface area contributed by atoms with E-state index in [1.54, 1.807) is 7.11 Å². The summed E-state index contributed by atoms with van der Waals surface area (Å²) in [5, 5.41) is 0. The normalized spacial score (nSPS) is 10.8. The summed E-state index contributed by atoms with van der Waals surface area (Å²) in [5.74, 6) is 1.02. The van der Waals surface area contributed by atoms with Crippen LogP contribution in [-0.2, 0) is 0 Å². The summed E-state index contributed by atoms with van der Waals surface area (Å²) in [7, 11) is 1.72. The molecule has 0 aromatic carbocycles. The lowest BCUT2D eigenvalue weighted by Gasteiger charge is -2.10. The van der Waals surface area contributed by atoms with Crippen LogP contribution in [-0.4, -0.2) is 11.7 Å². The molecule has 2 heteroatoms. The summed E-state index contributed by atoms with van der Waals surface area (Å²) < 4.78 is 7.52. The first kappa shape index (κ1) is 9.17. The smallest absolute Gasteiger partial charge is 0.142 e. The molecule has 0 aliphatic heterocycles. The molecule has 0 saturated carbocycles. The highest BCUT2D eigenvalue weighted by molar-refractivity contribution is 5.37. The number of nitrogens with zero attached hydrogens (tertiary/aromatic N) is 1. The standard InChI is InChI=1S/C10H17NO/c1-7(2)11-6-8(3)10(12-5)9(11)4/h6-7H,1-5H3. The fourth-order valence-electron chi connectivity index (χ4n) is 1.61. The maximum atomic E-state index is 5.29. The first-order chi connectivity index (χ1) is 5.57. The highest BCUT2D eigenvalue weighted by Gasteiger charge is 2.10. The zero-order valence-corrected chi connectivity index (χ0v) is 8.51. The van der Waals surface area contributed by atoms with Crippen molar-refractivity contribution in [3.63, 3.8) is 0 Å². The van der Waals surface area contributed by atoms with Gasteiger partial charge in [0.15, 0.2) is 0 Å². The monoisotopic (exact) mass is 167 g/mol. The van der Waals surface area contributed by atoms with Gasteiger partial charge in [-0.3, -0.25) is 0 Å². The summed E-state index contributed by atoms with van der Waals surface area (Å²) in [4.78, 5) is 0. The molecule has 0 radical (unpaired) electrons. The number of ether oxygens (including phenoxy) is 1. The lowest BCUT2D eigenvalue weighted by molar-refractivity contribution is 0.405. The molecule has 0 unspecified atom stereocenters. The van der Waals surface area contributed by atoms with Gasteiger partial charge in [0.25, 0.3) is 0 Å². The SMILES string of the molecule is COc1c(C)cn(C(C)C)c1C. The Labute approximate surface area is 74.2 Å². The highest BCUT2D eigenvalue weighted by Crippen LogP contribution is 2.26. The van der Waals surface area contributed by atoms with E-state index in [2.05, 4.69) is 38.5 Å². The van der Waals surface area contributed by atoms with Gasteiger partial charge in [-0.1, -0.05) is 0 Å². The fraction of sp³-hybridized carbons (Fsp3) is 0.600. The van der Waals surface area contributed by atoms with Gasteiger partial charge in [-0.05, 0) is 27.7 Å². The van der Waals surface area contributed by atoms with E-state index >= 15 is 0 Å². The second-order valence-electron chi connectivity index (χ2n) is 3.43. The van der Waals surface area contributed by atoms with E-state index in [0.29, 0.717) is 6.04 Å². The van der Waals surface area contributed by atoms with Gasteiger partial charge in [-0.2, -0.15) is 0 Å². The molecule has 2 nitrogen and oxygen atoms in total. The topological polar surface area (TPSA) is 14.2 Å². The van der Waals surface area contributed by atoms with Gasteiger partial charge < -0.3 is 9.30 Å². The molecule has 1 heterocycles. The molecule has 68 valence electrons. The van der Waals surface area contributed by atoms with Crippen molar-refractivity contribution in [1.82, 2.24) is 4.57 Å². The fourth-order valence-corrected chi connectivity index (χ4v) is 1.61. The summed E-state index contributed by atoms with van der Waals surface area (Å²) in [5.41, 5.74) is 2.42. The van der Waals surface area contributed by atoms with Gasteiger partial charge in [0.2, 0.25) is 0 Å². The molecule has 0 amide bonds. The number of hydrogen-bond donors (Lipinski definition) is 0. The minimum absolute atomic E-state index is 0.507. The Morgan fingerprint density at radius 1 is 1.33 bits per heavy atom. The second kappa shape index (κ2) is 3.21. The van der Waals surface area contributed by atoms with Gasteiger partial charge in [-0.25, -0.2) is 0 Å². The van der Waals surface area contributed by atoms with E-state index < -0.39 is 0 Å². The van der Waals surface area contributed by atoms with Crippen molar-refractivity contribution in [2.24, 2.45) is 0 Å². The van der Waals surface area contributed by atoms with E-state index in [-0.39, 0.29) is 0 Å². The quantitative estimate of drug-likeness (QED) is 0.660. The average Bonchev–Trinajstić information content (AvgIpc) is 2.27. The molecule has 1 rings (SSSR count). The van der Waals surface area contributed by atoms with Crippen LogP contribution >= 0.6 is 0 Å². The third kappa shape index (κ3) is 1.33. The number of methoxy groups -OCH3 is 1. The largest absolute Gasteiger partial charge is 0.495 e. The van der Waals surface area contributed by atoms with E-state index in [1.807, 2.05) is 0 Å². The van der Waals surface area contributed by atoms with Crippen molar-refractivity contribution in [1.29, 1.82) is 0 Å². The lowest BCUT2D eigenvalue weighted by Crippen LogP contribution is -2.01. The average molecular weight is 167 g/mol. The van der Waals surface area contributed by atoms with E-state index in [1.165, 1.54) is 11.3 Å². The predicted molar refractivity (Wildman–Crippen MR) is 50.8 cm³/mol. The van der Waals surface area contributed by atoms with Crippen LogP contribution in [0.4, 0.5) is 0 Å².